The number of aliphatic hydroxyl groups excluding tert-OH is 3. The summed E-state index contributed by atoms with van der Waals surface area (Å²) in [6, 6.07) is 0. The van der Waals surface area contributed by atoms with Crippen LogP contribution in [0.15, 0.2) is 11.6 Å². The van der Waals surface area contributed by atoms with E-state index in [1.54, 1.807) is 0 Å². The summed E-state index contributed by atoms with van der Waals surface area (Å²) in [7, 11) is 0. The predicted octanol–water partition coefficient (Wildman–Crippen LogP) is 3.37. The van der Waals surface area contributed by atoms with E-state index in [-0.39, 0.29) is 52.9 Å². The fourth-order valence-corrected chi connectivity index (χ4v) is 7.99. The number of aliphatic hydroxyl groups is 3. The molecule has 0 aliphatic heterocycles. The molecule has 0 aromatic carbocycles. The topological polar surface area (TPSA) is 98.0 Å². The van der Waals surface area contributed by atoms with Gasteiger partial charge in [-0.15, -0.1) is 0 Å². The molecule has 0 radical (unpaired) electrons. The normalized spacial score (nSPS) is 50.1. The van der Waals surface area contributed by atoms with Crippen molar-refractivity contribution in [1.29, 1.82) is 0 Å². The van der Waals surface area contributed by atoms with Gasteiger partial charge in [-0.1, -0.05) is 32.4 Å². The van der Waals surface area contributed by atoms with Crippen molar-refractivity contribution in [3.8, 4) is 0 Å². The molecule has 0 saturated heterocycles. The molecule has 29 heavy (non-hydrogen) atoms. The van der Waals surface area contributed by atoms with Crippen molar-refractivity contribution in [2.24, 2.45) is 40.4 Å². The molecule has 4 rings (SSSR count). The Morgan fingerprint density at radius 3 is 2.59 bits per heavy atom. The van der Waals surface area contributed by atoms with Crippen LogP contribution in [0, 0.1) is 40.4 Å². The lowest BCUT2D eigenvalue weighted by atomic mass is 9.47. The molecule has 0 amide bonds. The molecule has 3 fully saturated rings. The SMILES string of the molecule is C[C@H](CCC(=O)O)[C@H]1CC[C@@H]2[C@@H]3C(=C[C@@H](O)[C@@]21C)[C@@]1(C)CC[C@H](O)C[C@H]1C[C@H]3O. The van der Waals surface area contributed by atoms with E-state index in [0.29, 0.717) is 6.42 Å². The van der Waals surface area contributed by atoms with Crippen LogP contribution in [0.5, 0.6) is 0 Å². The summed E-state index contributed by atoms with van der Waals surface area (Å²) in [5.74, 6) is 0.326. The van der Waals surface area contributed by atoms with Crippen LogP contribution in [0.1, 0.15) is 72.1 Å². The molecule has 0 aromatic heterocycles. The van der Waals surface area contributed by atoms with Crippen molar-refractivity contribution in [2.45, 2.75) is 90.4 Å². The third-order valence-electron chi connectivity index (χ3n) is 9.71. The van der Waals surface area contributed by atoms with E-state index in [4.69, 9.17) is 5.11 Å². The minimum Gasteiger partial charge on any atom is -0.481 e. The van der Waals surface area contributed by atoms with Crippen LogP contribution in [0.2, 0.25) is 0 Å². The van der Waals surface area contributed by atoms with Crippen LogP contribution in [-0.2, 0) is 4.79 Å². The zero-order valence-corrected chi connectivity index (χ0v) is 18.1. The average Bonchev–Trinajstić information content (AvgIpc) is 3.01. The Hall–Kier alpha value is -0.910. The Bertz CT molecular complexity index is 689. The highest BCUT2D eigenvalue weighted by Crippen LogP contribution is 2.66. The second kappa shape index (κ2) is 7.35. The first-order valence-corrected chi connectivity index (χ1v) is 11.6. The summed E-state index contributed by atoms with van der Waals surface area (Å²) in [6.45, 7) is 6.59. The van der Waals surface area contributed by atoms with Gasteiger partial charge in [0.05, 0.1) is 18.3 Å². The lowest BCUT2D eigenvalue weighted by Gasteiger charge is -2.59. The summed E-state index contributed by atoms with van der Waals surface area (Å²) in [5.41, 5.74) is 0.880. The number of fused-ring (bicyclic) bond motifs is 5. The Labute approximate surface area is 174 Å². The third-order valence-corrected chi connectivity index (χ3v) is 9.71. The molecule has 164 valence electrons. The van der Waals surface area contributed by atoms with E-state index in [1.807, 2.05) is 0 Å². The maximum absolute atomic E-state index is 11.4. The molecule has 0 aromatic rings. The summed E-state index contributed by atoms with van der Waals surface area (Å²) < 4.78 is 0. The number of aliphatic carboxylic acids is 1. The fraction of sp³-hybridized carbons (Fsp3) is 0.875. The monoisotopic (exact) mass is 406 g/mol. The number of hydrogen-bond donors (Lipinski definition) is 4. The molecule has 5 nitrogen and oxygen atoms in total. The molecule has 4 N–H and O–H groups in total. The predicted molar refractivity (Wildman–Crippen MR) is 110 cm³/mol. The molecule has 3 saturated carbocycles. The van der Waals surface area contributed by atoms with Gasteiger partial charge in [-0.05, 0) is 74.0 Å². The Morgan fingerprint density at radius 1 is 1.17 bits per heavy atom. The van der Waals surface area contributed by atoms with Gasteiger partial charge in [-0.3, -0.25) is 4.79 Å². The Balaban J connectivity index is 1.66. The number of rotatable bonds is 4. The van der Waals surface area contributed by atoms with Gasteiger partial charge in [0.25, 0.3) is 0 Å². The maximum Gasteiger partial charge on any atom is 0.303 e. The number of carbonyl (C=O) groups is 1. The van der Waals surface area contributed by atoms with Crippen LogP contribution < -0.4 is 0 Å². The second-order valence-electron chi connectivity index (χ2n) is 11.0. The van der Waals surface area contributed by atoms with E-state index in [1.165, 1.54) is 5.57 Å². The van der Waals surface area contributed by atoms with E-state index in [2.05, 4.69) is 26.8 Å². The Kier molecular flexibility index (Phi) is 5.40. The van der Waals surface area contributed by atoms with Gasteiger partial charge >= 0.3 is 5.97 Å². The highest BCUT2D eigenvalue weighted by Gasteiger charge is 2.62. The number of hydrogen-bond acceptors (Lipinski definition) is 4. The standard InChI is InChI=1S/C24H38O5/c1-13(4-7-21(28)29)16-5-6-17-22-18(12-20(27)24(16,17)3)23(2)9-8-15(25)10-14(23)11-19(22)26/h12-17,19-20,22,25-27H,4-11H2,1-3H3,(H,28,29)/t13-,14+,15+,16-,17-,19-,20-,22-,23+,24-/m1/s1. The van der Waals surface area contributed by atoms with Crippen molar-refractivity contribution < 1.29 is 25.2 Å². The van der Waals surface area contributed by atoms with Gasteiger partial charge in [0.1, 0.15) is 0 Å². The zero-order chi connectivity index (χ0) is 21.1. The van der Waals surface area contributed by atoms with E-state index < -0.39 is 18.2 Å². The van der Waals surface area contributed by atoms with Crippen molar-refractivity contribution in [3.63, 3.8) is 0 Å². The third kappa shape index (κ3) is 3.19. The van der Waals surface area contributed by atoms with E-state index in [9.17, 15) is 20.1 Å². The van der Waals surface area contributed by atoms with Crippen LogP contribution in [0.25, 0.3) is 0 Å². The first-order chi connectivity index (χ1) is 13.6. The zero-order valence-electron chi connectivity index (χ0n) is 18.1. The van der Waals surface area contributed by atoms with Gasteiger partial charge in [0.2, 0.25) is 0 Å². The molecule has 4 aliphatic carbocycles. The summed E-state index contributed by atoms with van der Waals surface area (Å²) in [6.07, 6.45) is 6.77. The van der Waals surface area contributed by atoms with Gasteiger partial charge in [-0.25, -0.2) is 0 Å². The van der Waals surface area contributed by atoms with Crippen molar-refractivity contribution in [3.05, 3.63) is 11.6 Å². The Morgan fingerprint density at radius 2 is 1.90 bits per heavy atom. The maximum atomic E-state index is 11.4. The van der Waals surface area contributed by atoms with E-state index in [0.717, 1.165) is 38.5 Å². The summed E-state index contributed by atoms with van der Waals surface area (Å²) >= 11 is 0. The van der Waals surface area contributed by atoms with Gasteiger partial charge < -0.3 is 20.4 Å². The quantitative estimate of drug-likeness (QED) is 0.537. The molecule has 4 aliphatic rings. The highest BCUT2D eigenvalue weighted by atomic mass is 16.4. The second-order valence-corrected chi connectivity index (χ2v) is 11.0. The number of carboxylic acids is 1. The summed E-state index contributed by atoms with van der Waals surface area (Å²) in [4.78, 5) is 11.1. The molecular formula is C24H38O5. The molecule has 0 unspecified atom stereocenters. The molecule has 10 atom stereocenters. The first kappa shape index (κ1) is 21.3. The molecule has 0 spiro atoms. The van der Waals surface area contributed by atoms with Crippen LogP contribution in [0.4, 0.5) is 0 Å². The molecule has 5 heteroatoms. The van der Waals surface area contributed by atoms with Crippen LogP contribution in [0.3, 0.4) is 0 Å². The lowest BCUT2D eigenvalue weighted by Crippen LogP contribution is -2.57. The molecule has 0 bridgehead atoms. The smallest absolute Gasteiger partial charge is 0.303 e. The highest BCUT2D eigenvalue weighted by molar-refractivity contribution is 5.66. The number of carboxylic acid groups (broad SMARTS) is 1. The van der Waals surface area contributed by atoms with Crippen molar-refractivity contribution in [1.82, 2.24) is 0 Å². The van der Waals surface area contributed by atoms with Crippen molar-refractivity contribution in [2.75, 3.05) is 0 Å². The van der Waals surface area contributed by atoms with E-state index >= 15 is 0 Å². The average molecular weight is 407 g/mol. The van der Waals surface area contributed by atoms with Crippen molar-refractivity contribution >= 4 is 5.97 Å². The van der Waals surface area contributed by atoms with Gasteiger partial charge in [-0.2, -0.15) is 0 Å². The minimum atomic E-state index is -0.760. The largest absolute Gasteiger partial charge is 0.481 e. The lowest BCUT2D eigenvalue weighted by molar-refractivity contribution is -0.137. The molecule has 0 heterocycles. The van der Waals surface area contributed by atoms with Gasteiger partial charge in [0.15, 0.2) is 0 Å². The van der Waals surface area contributed by atoms with Crippen LogP contribution in [-0.4, -0.2) is 44.7 Å². The summed E-state index contributed by atoms with van der Waals surface area (Å²) in [5, 5.41) is 41.9. The van der Waals surface area contributed by atoms with Gasteiger partial charge in [0, 0.05) is 17.8 Å². The fourth-order valence-electron chi connectivity index (χ4n) is 7.99. The minimum absolute atomic E-state index is 0.0432. The molecular weight excluding hydrogens is 368 g/mol. The van der Waals surface area contributed by atoms with Crippen LogP contribution >= 0.6 is 0 Å². The first-order valence-electron chi connectivity index (χ1n) is 11.6.